The van der Waals surface area contributed by atoms with E-state index in [2.05, 4.69) is 33.0 Å². The van der Waals surface area contributed by atoms with Gasteiger partial charge in [0.25, 0.3) is 5.91 Å². The van der Waals surface area contributed by atoms with Crippen LogP contribution < -0.4 is 5.32 Å². The van der Waals surface area contributed by atoms with E-state index in [0.29, 0.717) is 18.4 Å². The molecule has 0 bridgehead atoms. The molecule has 1 rings (SSSR count). The number of carbonyl (C=O) groups is 1. The molecule has 1 fully saturated rings. The van der Waals surface area contributed by atoms with Crippen LogP contribution in [0.4, 0.5) is 0 Å². The summed E-state index contributed by atoms with van der Waals surface area (Å²) in [6.45, 7) is 8.98. The fraction of sp³-hybridized carbons (Fsp3) is 0.917. The summed E-state index contributed by atoms with van der Waals surface area (Å²) in [4.78, 5) is 11.9. The summed E-state index contributed by atoms with van der Waals surface area (Å²) < 4.78 is 0. The third-order valence-electron chi connectivity index (χ3n) is 3.42. The maximum Gasteiger partial charge on any atom is 0.263 e. The van der Waals surface area contributed by atoms with Gasteiger partial charge in [0.05, 0.1) is 12.1 Å². The van der Waals surface area contributed by atoms with E-state index < -0.39 is 0 Å². The van der Waals surface area contributed by atoms with Crippen LogP contribution in [0, 0.1) is 11.8 Å². The van der Waals surface area contributed by atoms with Gasteiger partial charge in [-0.05, 0) is 18.3 Å². The molecule has 0 spiro atoms. The Labute approximate surface area is 98.0 Å². The van der Waals surface area contributed by atoms with Gasteiger partial charge < -0.3 is 5.32 Å². The van der Waals surface area contributed by atoms with Crippen LogP contribution >= 0.6 is 0 Å². The van der Waals surface area contributed by atoms with E-state index in [9.17, 15) is 10.0 Å². The largest absolute Gasteiger partial charge is 0.304 e. The van der Waals surface area contributed by atoms with Gasteiger partial charge in [-0.3, -0.25) is 10.0 Å². The molecule has 0 aromatic rings. The molecule has 0 radical (unpaired) electrons. The molecule has 1 aliphatic rings. The van der Waals surface area contributed by atoms with Gasteiger partial charge in [0, 0.05) is 6.54 Å². The summed E-state index contributed by atoms with van der Waals surface area (Å²) >= 11 is 0. The topological polar surface area (TPSA) is 52.6 Å². The summed E-state index contributed by atoms with van der Waals surface area (Å²) in [6.07, 6.45) is 1.74. The van der Waals surface area contributed by atoms with E-state index in [-0.39, 0.29) is 18.0 Å². The zero-order chi connectivity index (χ0) is 12.3. The molecule has 0 aliphatic carbocycles. The van der Waals surface area contributed by atoms with Crippen molar-refractivity contribution in [2.24, 2.45) is 11.8 Å². The van der Waals surface area contributed by atoms with Crippen LogP contribution in [-0.2, 0) is 4.79 Å². The maximum absolute atomic E-state index is 11.9. The second-order valence-electron chi connectivity index (χ2n) is 5.23. The third kappa shape index (κ3) is 2.95. The predicted octanol–water partition coefficient (Wildman–Crippen LogP) is 1.64. The zero-order valence-electron chi connectivity index (χ0n) is 10.7. The SMILES string of the molecule is CCC(C)C1CNC(CC(C)C)C(=O)N1O. The van der Waals surface area contributed by atoms with Crippen molar-refractivity contribution in [3.05, 3.63) is 0 Å². The molecule has 2 N–H and O–H groups in total. The normalized spacial score (nSPS) is 28.6. The molecule has 0 aromatic heterocycles. The lowest BCUT2D eigenvalue weighted by Gasteiger charge is -2.38. The van der Waals surface area contributed by atoms with Crippen molar-refractivity contribution in [2.45, 2.75) is 52.6 Å². The van der Waals surface area contributed by atoms with Crippen molar-refractivity contribution in [3.8, 4) is 0 Å². The van der Waals surface area contributed by atoms with Crippen LogP contribution in [0.1, 0.15) is 40.5 Å². The first-order valence-electron chi connectivity index (χ1n) is 6.22. The van der Waals surface area contributed by atoms with Gasteiger partial charge in [0.1, 0.15) is 0 Å². The van der Waals surface area contributed by atoms with Crippen LogP contribution in [0.25, 0.3) is 0 Å². The molecule has 3 atom stereocenters. The minimum atomic E-state index is -0.217. The van der Waals surface area contributed by atoms with Gasteiger partial charge in [-0.25, -0.2) is 5.06 Å². The summed E-state index contributed by atoms with van der Waals surface area (Å²) in [6, 6.07) is -0.300. The van der Waals surface area contributed by atoms with E-state index in [4.69, 9.17) is 0 Å². The molecule has 1 amide bonds. The number of nitrogens with one attached hydrogen (secondary N) is 1. The summed E-state index contributed by atoms with van der Waals surface area (Å²) in [5, 5.41) is 14.1. The first-order chi connectivity index (χ1) is 7.47. The van der Waals surface area contributed by atoms with E-state index in [1.807, 2.05) is 0 Å². The Hall–Kier alpha value is -0.610. The minimum absolute atomic E-state index is 0.0825. The Balaban J connectivity index is 2.61. The van der Waals surface area contributed by atoms with Crippen molar-refractivity contribution in [2.75, 3.05) is 6.54 Å². The molecule has 4 nitrogen and oxygen atoms in total. The predicted molar refractivity (Wildman–Crippen MR) is 63.1 cm³/mol. The van der Waals surface area contributed by atoms with Crippen LogP contribution in [-0.4, -0.2) is 34.8 Å². The Kier molecular flexibility index (Phi) is 4.74. The number of hydrogen-bond acceptors (Lipinski definition) is 3. The number of rotatable bonds is 4. The highest BCUT2D eigenvalue weighted by molar-refractivity contribution is 5.81. The van der Waals surface area contributed by atoms with Gasteiger partial charge >= 0.3 is 0 Å². The number of hydrogen-bond donors (Lipinski definition) is 2. The second-order valence-corrected chi connectivity index (χ2v) is 5.23. The number of carbonyl (C=O) groups excluding carboxylic acids is 1. The minimum Gasteiger partial charge on any atom is -0.304 e. The third-order valence-corrected chi connectivity index (χ3v) is 3.42. The van der Waals surface area contributed by atoms with Crippen LogP contribution in [0.2, 0.25) is 0 Å². The standard InChI is InChI=1S/C12H24N2O2/c1-5-9(4)11-7-13-10(6-8(2)3)12(15)14(11)16/h8-11,13,16H,5-7H2,1-4H3. The van der Waals surface area contributed by atoms with Gasteiger partial charge in [-0.15, -0.1) is 0 Å². The zero-order valence-corrected chi connectivity index (χ0v) is 10.7. The van der Waals surface area contributed by atoms with Crippen LogP contribution in [0.15, 0.2) is 0 Å². The maximum atomic E-state index is 11.9. The average molecular weight is 228 g/mol. The van der Waals surface area contributed by atoms with Gasteiger partial charge in [-0.2, -0.15) is 0 Å². The highest BCUT2D eigenvalue weighted by Gasteiger charge is 2.36. The van der Waals surface area contributed by atoms with E-state index in [1.165, 1.54) is 0 Å². The quantitative estimate of drug-likeness (QED) is 0.719. The summed E-state index contributed by atoms with van der Waals surface area (Å²) in [7, 11) is 0. The molecule has 3 unspecified atom stereocenters. The van der Waals surface area contributed by atoms with Crippen molar-refractivity contribution in [3.63, 3.8) is 0 Å². The molecule has 4 heteroatoms. The Morgan fingerprint density at radius 2 is 2.12 bits per heavy atom. The molecular formula is C12H24N2O2. The lowest BCUT2D eigenvalue weighted by molar-refractivity contribution is -0.189. The molecule has 0 saturated carbocycles. The van der Waals surface area contributed by atoms with E-state index in [1.54, 1.807) is 0 Å². The second kappa shape index (κ2) is 5.64. The average Bonchev–Trinajstić information content (AvgIpc) is 2.23. The van der Waals surface area contributed by atoms with Crippen molar-refractivity contribution < 1.29 is 10.0 Å². The van der Waals surface area contributed by atoms with Crippen molar-refractivity contribution in [1.82, 2.24) is 10.4 Å². The molecule has 0 aromatic carbocycles. The molecular weight excluding hydrogens is 204 g/mol. The van der Waals surface area contributed by atoms with Crippen LogP contribution in [0.3, 0.4) is 0 Å². The molecule has 94 valence electrons. The molecule has 1 aliphatic heterocycles. The Morgan fingerprint density at radius 3 is 2.62 bits per heavy atom. The number of amides is 1. The lowest BCUT2D eigenvalue weighted by Crippen LogP contribution is -2.61. The number of nitrogens with zero attached hydrogens (tertiary/aromatic N) is 1. The van der Waals surface area contributed by atoms with Gasteiger partial charge in [0.2, 0.25) is 0 Å². The smallest absolute Gasteiger partial charge is 0.263 e. The first-order valence-corrected chi connectivity index (χ1v) is 6.22. The fourth-order valence-corrected chi connectivity index (χ4v) is 2.13. The molecule has 1 saturated heterocycles. The summed E-state index contributed by atoms with van der Waals surface area (Å²) in [5.74, 6) is 0.599. The highest BCUT2D eigenvalue weighted by Crippen LogP contribution is 2.19. The highest BCUT2D eigenvalue weighted by atomic mass is 16.5. The van der Waals surface area contributed by atoms with Crippen molar-refractivity contribution >= 4 is 5.91 Å². The van der Waals surface area contributed by atoms with Crippen molar-refractivity contribution in [1.29, 1.82) is 0 Å². The Morgan fingerprint density at radius 1 is 1.50 bits per heavy atom. The van der Waals surface area contributed by atoms with E-state index >= 15 is 0 Å². The van der Waals surface area contributed by atoms with E-state index in [0.717, 1.165) is 17.9 Å². The molecule has 16 heavy (non-hydrogen) atoms. The lowest BCUT2D eigenvalue weighted by atomic mass is 9.93. The Bertz CT molecular complexity index is 243. The monoisotopic (exact) mass is 228 g/mol. The fourth-order valence-electron chi connectivity index (χ4n) is 2.13. The van der Waals surface area contributed by atoms with Crippen LogP contribution in [0.5, 0.6) is 0 Å². The molecule has 1 heterocycles. The van der Waals surface area contributed by atoms with Gasteiger partial charge in [-0.1, -0.05) is 34.1 Å². The summed E-state index contributed by atoms with van der Waals surface area (Å²) in [5.41, 5.74) is 0. The van der Waals surface area contributed by atoms with Gasteiger partial charge in [0.15, 0.2) is 0 Å². The number of hydroxylamine groups is 2. The first kappa shape index (κ1) is 13.5. The number of piperazine rings is 1.